The molecule has 3 aromatic rings. The minimum absolute atomic E-state index is 0.124. The van der Waals surface area contributed by atoms with Gasteiger partial charge < -0.3 is 24.7 Å². The van der Waals surface area contributed by atoms with Crippen molar-refractivity contribution >= 4 is 17.2 Å². The summed E-state index contributed by atoms with van der Waals surface area (Å²) in [6, 6.07) is 4.37. The summed E-state index contributed by atoms with van der Waals surface area (Å²) in [7, 11) is 0. The number of rotatable bonds is 7. The molecule has 1 saturated carbocycles. The number of nitriles is 1. The van der Waals surface area contributed by atoms with E-state index in [0.29, 0.717) is 59.6 Å². The Balaban J connectivity index is 1.06. The average Bonchev–Trinajstić information content (AvgIpc) is 3.31. The van der Waals surface area contributed by atoms with E-state index in [9.17, 15) is 20.3 Å². The Morgan fingerprint density at radius 1 is 1.14 bits per heavy atom. The highest BCUT2D eigenvalue weighted by Gasteiger charge is 2.54. The number of fused-ring (bicyclic) bond motifs is 4. The summed E-state index contributed by atoms with van der Waals surface area (Å²) in [5, 5.41) is 34.4. The number of aliphatic hydroxyl groups excluding tert-OH is 2. The molecule has 7 heterocycles. The maximum atomic E-state index is 12.9. The van der Waals surface area contributed by atoms with Gasteiger partial charge in [-0.2, -0.15) is 10.4 Å². The van der Waals surface area contributed by atoms with E-state index in [1.165, 1.54) is 6.20 Å². The van der Waals surface area contributed by atoms with Crippen LogP contribution in [0.4, 0.5) is 5.82 Å². The molecule has 3 aromatic heterocycles. The number of aromatic nitrogens is 4. The Kier molecular flexibility index (Phi) is 6.38. The van der Waals surface area contributed by atoms with Crippen molar-refractivity contribution in [3.63, 3.8) is 0 Å². The third-order valence-corrected chi connectivity index (χ3v) is 9.35. The molecule has 0 aromatic carbocycles. The first kappa shape index (κ1) is 27.1. The SMILES string of the molecule is CC(C)(C)C(O)C(=O)N1CC2CC(C1)N2c1cnc(-c2cc(OCCN3CC4C(O)C4C3)cn3ncc(C#N)c23)cn1. The zero-order valence-electron chi connectivity index (χ0n) is 24.1. The van der Waals surface area contributed by atoms with Crippen LogP contribution < -0.4 is 9.64 Å². The van der Waals surface area contributed by atoms with Gasteiger partial charge in [0.05, 0.1) is 59.7 Å². The number of amides is 1. The minimum atomic E-state index is -1.03. The van der Waals surface area contributed by atoms with Gasteiger partial charge in [0.1, 0.15) is 30.3 Å². The topological polar surface area (TPSA) is 143 Å². The summed E-state index contributed by atoms with van der Waals surface area (Å²) in [6.45, 7) is 9.81. The van der Waals surface area contributed by atoms with Crippen molar-refractivity contribution in [2.75, 3.05) is 44.2 Å². The maximum Gasteiger partial charge on any atom is 0.252 e. The predicted molar refractivity (Wildman–Crippen MR) is 153 cm³/mol. The molecule has 4 saturated heterocycles. The van der Waals surface area contributed by atoms with Gasteiger partial charge in [-0.1, -0.05) is 20.8 Å². The lowest BCUT2D eigenvalue weighted by atomic mass is 9.84. The van der Waals surface area contributed by atoms with Gasteiger partial charge >= 0.3 is 0 Å². The zero-order chi connectivity index (χ0) is 29.3. The number of piperazine rings is 1. The second kappa shape index (κ2) is 9.90. The molecule has 8 rings (SSSR count). The molecule has 5 aliphatic rings. The van der Waals surface area contributed by atoms with Gasteiger partial charge in [-0.15, -0.1) is 0 Å². The fourth-order valence-electron chi connectivity index (χ4n) is 6.81. The Morgan fingerprint density at radius 2 is 1.88 bits per heavy atom. The lowest BCUT2D eigenvalue weighted by Gasteiger charge is -2.57. The second-order valence-corrected chi connectivity index (χ2v) is 13.2. The van der Waals surface area contributed by atoms with Crippen molar-refractivity contribution in [2.24, 2.45) is 17.3 Å². The van der Waals surface area contributed by atoms with Crippen molar-refractivity contribution in [3.8, 4) is 23.1 Å². The molecule has 12 nitrogen and oxygen atoms in total. The summed E-state index contributed by atoms with van der Waals surface area (Å²) in [6.07, 6.45) is 6.59. The average molecular weight is 573 g/mol. The fourth-order valence-corrected chi connectivity index (χ4v) is 6.81. The monoisotopic (exact) mass is 572 g/mol. The molecule has 2 N–H and O–H groups in total. The van der Waals surface area contributed by atoms with Crippen molar-refractivity contribution in [3.05, 3.63) is 36.4 Å². The highest BCUT2D eigenvalue weighted by Crippen LogP contribution is 2.45. The number of carbonyl (C=O) groups is 1. The third kappa shape index (κ3) is 4.56. The first-order chi connectivity index (χ1) is 20.1. The van der Waals surface area contributed by atoms with E-state index in [0.717, 1.165) is 31.9 Å². The molecule has 220 valence electrons. The van der Waals surface area contributed by atoms with Crippen LogP contribution in [0.5, 0.6) is 5.75 Å². The first-order valence-electron chi connectivity index (χ1n) is 14.6. The lowest BCUT2D eigenvalue weighted by molar-refractivity contribution is -0.148. The molecular weight excluding hydrogens is 536 g/mol. The van der Waals surface area contributed by atoms with Crippen LogP contribution in [0.3, 0.4) is 0 Å². The lowest BCUT2D eigenvalue weighted by Crippen LogP contribution is -2.71. The Bertz CT molecular complexity index is 1540. The summed E-state index contributed by atoms with van der Waals surface area (Å²) in [5.41, 5.74) is 1.90. The molecule has 5 unspecified atom stereocenters. The minimum Gasteiger partial charge on any atom is -0.491 e. The van der Waals surface area contributed by atoms with E-state index in [1.54, 1.807) is 28.0 Å². The van der Waals surface area contributed by atoms with Gasteiger partial charge in [0, 0.05) is 50.1 Å². The standard InChI is InChI=1S/C30H36N8O4/c1-30(2,3)28(40)29(41)36-12-18-6-19(13-36)38(18)25-11-32-24(10-33-25)21-7-20(14-37-26(21)17(8-31)9-34-37)42-5-4-35-15-22-23(16-35)27(22)39/h7,9-11,14,18-19,22-23,27-28,39-40H,4-6,12-13,15-16H2,1-3H3. The summed E-state index contributed by atoms with van der Waals surface area (Å²) in [5.74, 6) is 1.99. The van der Waals surface area contributed by atoms with Gasteiger partial charge in [-0.25, -0.2) is 9.50 Å². The molecule has 5 fully saturated rings. The van der Waals surface area contributed by atoms with Gasteiger partial charge in [-0.05, 0) is 17.9 Å². The van der Waals surface area contributed by atoms with Crippen molar-refractivity contribution in [2.45, 2.75) is 51.5 Å². The molecule has 2 bridgehead atoms. The van der Waals surface area contributed by atoms with E-state index in [-0.39, 0.29) is 24.1 Å². The molecule has 5 atom stereocenters. The molecule has 1 aliphatic carbocycles. The van der Waals surface area contributed by atoms with Crippen LogP contribution in [0, 0.1) is 28.6 Å². The van der Waals surface area contributed by atoms with E-state index in [2.05, 4.69) is 21.0 Å². The Hall–Kier alpha value is -3.79. The van der Waals surface area contributed by atoms with Crippen LogP contribution in [-0.4, -0.2) is 109 Å². The normalized spacial score (nSPS) is 27.4. The first-order valence-corrected chi connectivity index (χ1v) is 14.6. The zero-order valence-corrected chi connectivity index (χ0v) is 24.1. The summed E-state index contributed by atoms with van der Waals surface area (Å²) < 4.78 is 7.76. The summed E-state index contributed by atoms with van der Waals surface area (Å²) in [4.78, 5) is 28.6. The molecule has 1 amide bonds. The van der Waals surface area contributed by atoms with Gasteiger partial charge in [0.2, 0.25) is 0 Å². The van der Waals surface area contributed by atoms with Crippen LogP contribution in [0.2, 0.25) is 0 Å². The van der Waals surface area contributed by atoms with Crippen LogP contribution >= 0.6 is 0 Å². The molecule has 0 spiro atoms. The maximum absolute atomic E-state index is 12.9. The summed E-state index contributed by atoms with van der Waals surface area (Å²) >= 11 is 0. The quantitative estimate of drug-likeness (QED) is 0.423. The van der Waals surface area contributed by atoms with Crippen LogP contribution in [0.25, 0.3) is 16.8 Å². The number of ether oxygens (including phenoxy) is 1. The number of likely N-dealkylation sites (tertiary alicyclic amines) is 1. The molecule has 0 radical (unpaired) electrons. The number of aliphatic hydroxyl groups is 2. The Morgan fingerprint density at radius 3 is 2.52 bits per heavy atom. The predicted octanol–water partition coefficient (Wildman–Crippen LogP) is 1.16. The molecular formula is C30H36N8O4. The molecule has 4 aliphatic heterocycles. The van der Waals surface area contributed by atoms with Gasteiger partial charge in [-0.3, -0.25) is 14.7 Å². The molecule has 12 heteroatoms. The number of hydrogen-bond donors (Lipinski definition) is 2. The van der Waals surface area contributed by atoms with Crippen LogP contribution in [-0.2, 0) is 4.79 Å². The smallest absolute Gasteiger partial charge is 0.252 e. The Labute approximate surface area is 244 Å². The number of pyridine rings is 1. The van der Waals surface area contributed by atoms with Crippen molar-refractivity contribution in [1.29, 1.82) is 5.26 Å². The second-order valence-electron chi connectivity index (χ2n) is 13.2. The van der Waals surface area contributed by atoms with Gasteiger partial charge in [0.25, 0.3) is 5.91 Å². The van der Waals surface area contributed by atoms with Crippen LogP contribution in [0.1, 0.15) is 32.8 Å². The van der Waals surface area contributed by atoms with Crippen molar-refractivity contribution in [1.82, 2.24) is 29.4 Å². The van der Waals surface area contributed by atoms with Gasteiger partial charge in [0.15, 0.2) is 0 Å². The highest BCUT2D eigenvalue weighted by molar-refractivity contribution is 5.84. The number of anilines is 1. The van der Waals surface area contributed by atoms with Crippen molar-refractivity contribution < 1.29 is 19.7 Å². The number of piperidine rings is 2. The highest BCUT2D eigenvalue weighted by atomic mass is 16.5. The largest absolute Gasteiger partial charge is 0.491 e. The van der Waals surface area contributed by atoms with Crippen LogP contribution in [0.15, 0.2) is 30.9 Å². The number of hydrogen-bond acceptors (Lipinski definition) is 10. The van der Waals surface area contributed by atoms with E-state index in [4.69, 9.17) is 14.7 Å². The number of nitrogens with zero attached hydrogens (tertiary/aromatic N) is 8. The van der Waals surface area contributed by atoms with E-state index in [1.807, 2.05) is 26.8 Å². The molecule has 42 heavy (non-hydrogen) atoms. The van der Waals surface area contributed by atoms with E-state index >= 15 is 0 Å². The number of carbonyl (C=O) groups excluding carboxylic acids is 1. The third-order valence-electron chi connectivity index (χ3n) is 9.35. The van der Waals surface area contributed by atoms with E-state index < -0.39 is 11.5 Å². The fraction of sp³-hybridized carbons (Fsp3) is 0.567.